The fourth-order valence-electron chi connectivity index (χ4n) is 1.80. The summed E-state index contributed by atoms with van der Waals surface area (Å²) in [5.74, 6) is 0. The van der Waals surface area contributed by atoms with Gasteiger partial charge in [-0.1, -0.05) is 26.1 Å². The van der Waals surface area contributed by atoms with E-state index in [2.05, 4.69) is 23.7 Å². The molecule has 0 aliphatic carbocycles. The normalized spacial score (nSPS) is 12.7. The summed E-state index contributed by atoms with van der Waals surface area (Å²) in [7, 11) is 0. The third-order valence-corrected chi connectivity index (χ3v) is 2.97. The Bertz CT molecular complexity index is 326. The second-order valence-corrected chi connectivity index (χ2v) is 4.22. The molecule has 0 fully saturated rings. The summed E-state index contributed by atoms with van der Waals surface area (Å²) in [6, 6.07) is 4.23. The van der Waals surface area contributed by atoms with Crippen LogP contribution in [0.4, 0.5) is 0 Å². The molecule has 0 aliphatic heterocycles. The average Bonchev–Trinajstić information content (AvgIpc) is 2.29. The van der Waals surface area contributed by atoms with Gasteiger partial charge in [-0.05, 0) is 30.7 Å². The fourth-order valence-corrected chi connectivity index (χ4v) is 2.12. The number of rotatable bonds is 6. The van der Waals surface area contributed by atoms with Crippen LogP contribution >= 0.6 is 12.2 Å². The highest BCUT2D eigenvalue weighted by Crippen LogP contribution is 2.10. The van der Waals surface area contributed by atoms with E-state index in [0.29, 0.717) is 4.99 Å². The van der Waals surface area contributed by atoms with Gasteiger partial charge in [-0.3, -0.25) is 9.88 Å². The lowest BCUT2D eigenvalue weighted by atomic mass is 10.1. The van der Waals surface area contributed by atoms with E-state index in [0.717, 1.165) is 19.5 Å². The number of likely N-dealkylation sites (N-methyl/N-ethyl adjacent to an activating group) is 1. The van der Waals surface area contributed by atoms with Crippen LogP contribution in [0.3, 0.4) is 0 Å². The molecule has 1 aromatic heterocycles. The minimum absolute atomic E-state index is 0.188. The van der Waals surface area contributed by atoms with E-state index in [1.165, 1.54) is 5.56 Å². The van der Waals surface area contributed by atoms with Crippen LogP contribution in [0.5, 0.6) is 0 Å². The summed E-state index contributed by atoms with van der Waals surface area (Å²) in [6.45, 7) is 6.05. The van der Waals surface area contributed by atoms with Gasteiger partial charge >= 0.3 is 0 Å². The summed E-state index contributed by atoms with van der Waals surface area (Å²) in [5, 5.41) is 0. The van der Waals surface area contributed by atoms with Gasteiger partial charge in [-0.25, -0.2) is 0 Å². The molecule has 0 bridgehead atoms. The van der Waals surface area contributed by atoms with Gasteiger partial charge in [0.05, 0.1) is 11.0 Å². The highest BCUT2D eigenvalue weighted by Gasteiger charge is 2.17. The van der Waals surface area contributed by atoms with Gasteiger partial charge in [-0.2, -0.15) is 0 Å². The predicted molar refractivity (Wildman–Crippen MR) is 71.2 cm³/mol. The van der Waals surface area contributed by atoms with Gasteiger partial charge in [0.15, 0.2) is 0 Å². The molecule has 0 saturated heterocycles. The monoisotopic (exact) mass is 237 g/mol. The molecule has 0 aromatic carbocycles. The lowest BCUT2D eigenvalue weighted by Gasteiger charge is -2.29. The molecule has 4 heteroatoms. The van der Waals surface area contributed by atoms with Crippen LogP contribution in [0.15, 0.2) is 24.5 Å². The Kier molecular flexibility index (Phi) is 5.35. The summed E-state index contributed by atoms with van der Waals surface area (Å²) in [4.78, 5) is 6.88. The van der Waals surface area contributed by atoms with Crippen LogP contribution in [-0.4, -0.2) is 27.5 Å². The van der Waals surface area contributed by atoms with Crippen LogP contribution < -0.4 is 5.73 Å². The number of aromatic nitrogens is 1. The van der Waals surface area contributed by atoms with Crippen LogP contribution in [0.2, 0.25) is 0 Å². The van der Waals surface area contributed by atoms with Crippen molar-refractivity contribution in [1.29, 1.82) is 0 Å². The maximum atomic E-state index is 5.75. The summed E-state index contributed by atoms with van der Waals surface area (Å²) in [5.41, 5.74) is 7.00. The Hall–Kier alpha value is -1.00. The Morgan fingerprint density at radius 3 is 2.50 bits per heavy atom. The van der Waals surface area contributed by atoms with Crippen molar-refractivity contribution in [2.24, 2.45) is 5.73 Å². The van der Waals surface area contributed by atoms with Crippen molar-refractivity contribution in [1.82, 2.24) is 9.88 Å². The molecule has 16 heavy (non-hydrogen) atoms. The molecule has 3 nitrogen and oxygen atoms in total. The molecule has 0 spiro atoms. The first-order valence-corrected chi connectivity index (χ1v) is 6.02. The SMILES string of the molecule is CCC(C(N)=S)N(CC)Cc1ccncc1. The first kappa shape index (κ1) is 13.1. The lowest BCUT2D eigenvalue weighted by molar-refractivity contribution is 0.241. The number of hydrogen-bond acceptors (Lipinski definition) is 3. The van der Waals surface area contributed by atoms with Crippen LogP contribution in [-0.2, 0) is 6.54 Å². The smallest absolute Gasteiger partial charge is 0.0902 e. The van der Waals surface area contributed by atoms with Crippen molar-refractivity contribution in [2.45, 2.75) is 32.9 Å². The molecule has 1 heterocycles. The van der Waals surface area contributed by atoms with E-state index < -0.39 is 0 Å². The van der Waals surface area contributed by atoms with Crippen molar-refractivity contribution < 1.29 is 0 Å². The standard InChI is InChI=1S/C12H19N3S/c1-3-11(12(13)16)15(4-2)9-10-5-7-14-8-6-10/h5-8,11H,3-4,9H2,1-2H3,(H2,13,16). The number of nitrogens with zero attached hydrogens (tertiary/aromatic N) is 2. The summed E-state index contributed by atoms with van der Waals surface area (Å²) in [6.07, 6.45) is 4.57. The number of thiocarbonyl (C=S) groups is 1. The first-order chi connectivity index (χ1) is 7.69. The fraction of sp³-hybridized carbons (Fsp3) is 0.500. The van der Waals surface area contributed by atoms with Crippen molar-refractivity contribution in [3.63, 3.8) is 0 Å². The zero-order chi connectivity index (χ0) is 12.0. The zero-order valence-corrected chi connectivity index (χ0v) is 10.7. The number of hydrogen-bond donors (Lipinski definition) is 1. The lowest BCUT2D eigenvalue weighted by Crippen LogP contribution is -2.42. The van der Waals surface area contributed by atoms with E-state index in [1.54, 1.807) is 0 Å². The second-order valence-electron chi connectivity index (χ2n) is 3.74. The molecule has 0 radical (unpaired) electrons. The van der Waals surface area contributed by atoms with Gasteiger partial charge in [0.25, 0.3) is 0 Å². The first-order valence-electron chi connectivity index (χ1n) is 5.61. The quantitative estimate of drug-likeness (QED) is 0.768. The molecule has 0 aliphatic rings. The maximum Gasteiger partial charge on any atom is 0.0902 e. The molecule has 0 amide bonds. The molecule has 1 aromatic rings. The molecular weight excluding hydrogens is 218 g/mol. The van der Waals surface area contributed by atoms with E-state index in [4.69, 9.17) is 18.0 Å². The van der Waals surface area contributed by atoms with E-state index in [9.17, 15) is 0 Å². The van der Waals surface area contributed by atoms with Gasteiger partial charge in [-0.15, -0.1) is 0 Å². The summed E-state index contributed by atoms with van der Waals surface area (Å²) < 4.78 is 0. The predicted octanol–water partition coefficient (Wildman–Crippen LogP) is 1.97. The third-order valence-electron chi connectivity index (χ3n) is 2.70. The van der Waals surface area contributed by atoms with Crippen molar-refractivity contribution in [3.8, 4) is 0 Å². The van der Waals surface area contributed by atoms with Crippen LogP contribution in [0.25, 0.3) is 0 Å². The van der Waals surface area contributed by atoms with E-state index in [-0.39, 0.29) is 6.04 Å². The highest BCUT2D eigenvalue weighted by molar-refractivity contribution is 7.80. The molecule has 2 N–H and O–H groups in total. The summed E-state index contributed by atoms with van der Waals surface area (Å²) >= 11 is 5.10. The number of pyridine rings is 1. The second kappa shape index (κ2) is 6.55. The highest BCUT2D eigenvalue weighted by atomic mass is 32.1. The number of nitrogens with two attached hydrogens (primary N) is 1. The van der Waals surface area contributed by atoms with Gasteiger partial charge in [0.2, 0.25) is 0 Å². The van der Waals surface area contributed by atoms with Gasteiger partial charge in [0.1, 0.15) is 0 Å². The van der Waals surface area contributed by atoms with Crippen LogP contribution in [0, 0.1) is 0 Å². The molecular formula is C12H19N3S. The Labute approximate surface area is 103 Å². The maximum absolute atomic E-state index is 5.75. The van der Waals surface area contributed by atoms with E-state index >= 15 is 0 Å². The zero-order valence-electron chi connectivity index (χ0n) is 9.89. The molecule has 1 rings (SSSR count). The Morgan fingerprint density at radius 1 is 1.44 bits per heavy atom. The molecule has 1 atom stereocenters. The molecule has 0 saturated carbocycles. The van der Waals surface area contributed by atoms with Gasteiger partial charge < -0.3 is 5.73 Å². The minimum atomic E-state index is 0.188. The van der Waals surface area contributed by atoms with Gasteiger partial charge in [0, 0.05) is 18.9 Å². The Morgan fingerprint density at radius 2 is 2.06 bits per heavy atom. The largest absolute Gasteiger partial charge is 0.392 e. The average molecular weight is 237 g/mol. The van der Waals surface area contributed by atoms with Crippen molar-refractivity contribution in [3.05, 3.63) is 30.1 Å². The molecule has 1 unspecified atom stereocenters. The van der Waals surface area contributed by atoms with Crippen molar-refractivity contribution >= 4 is 17.2 Å². The molecule has 88 valence electrons. The topological polar surface area (TPSA) is 42.1 Å². The van der Waals surface area contributed by atoms with E-state index in [1.807, 2.05) is 24.5 Å². The third kappa shape index (κ3) is 3.54. The van der Waals surface area contributed by atoms with Crippen LogP contribution in [0.1, 0.15) is 25.8 Å². The minimum Gasteiger partial charge on any atom is -0.392 e. The van der Waals surface area contributed by atoms with Crippen molar-refractivity contribution in [2.75, 3.05) is 6.54 Å². The Balaban J connectivity index is 2.71.